The van der Waals surface area contributed by atoms with Crippen molar-refractivity contribution in [3.8, 4) is 0 Å². The number of esters is 1. The molecule has 7 heteroatoms. The molecule has 1 saturated carbocycles. The maximum atomic E-state index is 13.0. The highest BCUT2D eigenvalue weighted by molar-refractivity contribution is 5.79. The lowest BCUT2D eigenvalue weighted by Crippen LogP contribution is -2.29. The van der Waals surface area contributed by atoms with E-state index in [1.165, 1.54) is 12.1 Å². The van der Waals surface area contributed by atoms with Gasteiger partial charge in [0.25, 0.3) is 0 Å². The van der Waals surface area contributed by atoms with Crippen LogP contribution in [0.25, 0.3) is 0 Å². The van der Waals surface area contributed by atoms with Crippen molar-refractivity contribution >= 4 is 11.9 Å². The molecule has 2 aliphatic rings. The largest absolute Gasteiger partial charge is 0.464 e. The molecule has 0 unspecified atom stereocenters. The van der Waals surface area contributed by atoms with Crippen LogP contribution in [0.4, 0.5) is 13.2 Å². The van der Waals surface area contributed by atoms with E-state index in [-0.39, 0.29) is 18.1 Å². The first-order valence-corrected chi connectivity index (χ1v) is 7.98. The van der Waals surface area contributed by atoms with Crippen molar-refractivity contribution in [2.45, 2.75) is 31.4 Å². The van der Waals surface area contributed by atoms with Crippen LogP contribution in [0, 0.1) is 5.92 Å². The number of benzene rings is 1. The minimum Gasteiger partial charge on any atom is -0.464 e. The molecule has 0 aromatic heterocycles. The highest BCUT2D eigenvalue weighted by atomic mass is 19.4. The highest BCUT2D eigenvalue weighted by Gasteiger charge is 2.48. The number of carbonyl (C=O) groups excluding carboxylic acids is 2. The van der Waals surface area contributed by atoms with Gasteiger partial charge in [-0.15, -0.1) is 0 Å². The molecule has 2 fully saturated rings. The van der Waals surface area contributed by atoms with Gasteiger partial charge in [0.2, 0.25) is 5.91 Å². The zero-order valence-electron chi connectivity index (χ0n) is 13.0. The average molecular weight is 341 g/mol. The predicted molar refractivity (Wildman–Crippen MR) is 79.1 cm³/mol. The standard InChI is InChI=1S/C17H18F3NO3/c18-17(19,20)14-5-2-1-4-11(14)12-10-13(12)16(23)24-9-8-21-7-3-6-15(21)22/h1-2,4-5,12-13H,3,6-10H2/t12-,13+/m0/s1. The third kappa shape index (κ3) is 3.55. The summed E-state index contributed by atoms with van der Waals surface area (Å²) in [4.78, 5) is 25.1. The summed E-state index contributed by atoms with van der Waals surface area (Å²) in [7, 11) is 0. The maximum absolute atomic E-state index is 13.0. The first kappa shape index (κ1) is 16.8. The number of nitrogens with zero attached hydrogens (tertiary/aromatic N) is 1. The first-order valence-electron chi connectivity index (χ1n) is 7.98. The Balaban J connectivity index is 1.54. The number of hydrogen-bond donors (Lipinski definition) is 0. The number of halogens is 3. The number of hydrogen-bond acceptors (Lipinski definition) is 3. The SMILES string of the molecule is O=C(OCCN1CCCC1=O)[C@@H]1C[C@H]1c1ccccc1C(F)(F)F. The minimum absolute atomic E-state index is 0.0504. The molecule has 3 rings (SSSR count). The van der Waals surface area contributed by atoms with E-state index in [4.69, 9.17) is 4.74 Å². The summed E-state index contributed by atoms with van der Waals surface area (Å²) in [6, 6.07) is 5.35. The summed E-state index contributed by atoms with van der Waals surface area (Å²) >= 11 is 0. The topological polar surface area (TPSA) is 46.6 Å². The van der Waals surface area contributed by atoms with E-state index >= 15 is 0 Å². The summed E-state index contributed by atoms with van der Waals surface area (Å²) in [5.74, 6) is -1.40. The Hall–Kier alpha value is -2.05. The van der Waals surface area contributed by atoms with E-state index in [9.17, 15) is 22.8 Å². The van der Waals surface area contributed by atoms with Crippen LogP contribution < -0.4 is 0 Å². The van der Waals surface area contributed by atoms with Gasteiger partial charge in [-0.2, -0.15) is 13.2 Å². The Kier molecular flexibility index (Phi) is 4.51. The Bertz CT molecular complexity index is 644. The molecule has 2 atom stereocenters. The van der Waals surface area contributed by atoms with Crippen molar-refractivity contribution in [1.82, 2.24) is 4.90 Å². The van der Waals surface area contributed by atoms with Crippen LogP contribution in [-0.4, -0.2) is 36.5 Å². The lowest BCUT2D eigenvalue weighted by Gasteiger charge is -2.15. The molecule has 4 nitrogen and oxygen atoms in total. The molecular formula is C17H18F3NO3. The summed E-state index contributed by atoms with van der Waals surface area (Å²) in [6.45, 7) is 1.11. The van der Waals surface area contributed by atoms with Crippen LogP contribution in [0.3, 0.4) is 0 Å². The predicted octanol–water partition coefficient (Wildman–Crippen LogP) is 2.97. The molecule has 1 heterocycles. The van der Waals surface area contributed by atoms with Crippen LogP contribution in [0.5, 0.6) is 0 Å². The second kappa shape index (κ2) is 6.45. The fraction of sp³-hybridized carbons (Fsp3) is 0.529. The summed E-state index contributed by atoms with van der Waals surface area (Å²) in [5.41, 5.74) is -0.533. The molecule has 130 valence electrons. The fourth-order valence-electron chi connectivity index (χ4n) is 3.18. The minimum atomic E-state index is -4.43. The monoisotopic (exact) mass is 341 g/mol. The van der Waals surface area contributed by atoms with Gasteiger partial charge < -0.3 is 9.64 Å². The Morgan fingerprint density at radius 3 is 2.71 bits per heavy atom. The Morgan fingerprint density at radius 2 is 2.04 bits per heavy atom. The second-order valence-electron chi connectivity index (χ2n) is 6.19. The Morgan fingerprint density at radius 1 is 1.29 bits per heavy atom. The van der Waals surface area contributed by atoms with Crippen molar-refractivity contribution in [2.24, 2.45) is 5.92 Å². The van der Waals surface area contributed by atoms with Crippen LogP contribution in [-0.2, 0) is 20.5 Å². The number of alkyl halides is 3. The van der Waals surface area contributed by atoms with Crippen LogP contribution in [0.2, 0.25) is 0 Å². The van der Waals surface area contributed by atoms with E-state index in [0.717, 1.165) is 12.5 Å². The van der Waals surface area contributed by atoms with E-state index in [2.05, 4.69) is 0 Å². The van der Waals surface area contributed by atoms with E-state index in [1.807, 2.05) is 0 Å². The van der Waals surface area contributed by atoms with E-state index in [0.29, 0.717) is 25.9 Å². The van der Waals surface area contributed by atoms with Crippen molar-refractivity contribution in [1.29, 1.82) is 0 Å². The molecule has 24 heavy (non-hydrogen) atoms. The van der Waals surface area contributed by atoms with Crippen molar-refractivity contribution in [3.63, 3.8) is 0 Å². The molecule has 1 aromatic rings. The second-order valence-corrected chi connectivity index (χ2v) is 6.19. The van der Waals surface area contributed by atoms with Gasteiger partial charge >= 0.3 is 12.1 Å². The average Bonchev–Trinajstić information content (AvgIpc) is 3.24. The molecule has 1 aliphatic carbocycles. The molecule has 1 aliphatic heterocycles. The molecule has 0 N–H and O–H groups in total. The van der Waals surface area contributed by atoms with E-state index < -0.39 is 29.5 Å². The van der Waals surface area contributed by atoms with Gasteiger partial charge in [-0.25, -0.2) is 0 Å². The number of carbonyl (C=O) groups is 2. The first-order chi connectivity index (χ1) is 11.4. The number of likely N-dealkylation sites (tertiary alicyclic amines) is 1. The van der Waals surface area contributed by atoms with Gasteiger partial charge in [0.05, 0.1) is 18.0 Å². The van der Waals surface area contributed by atoms with Gasteiger partial charge in [-0.05, 0) is 30.4 Å². The molecule has 1 saturated heterocycles. The normalized spacial score (nSPS) is 23.5. The summed E-state index contributed by atoms with van der Waals surface area (Å²) in [6.07, 6.45) is -2.73. The quantitative estimate of drug-likeness (QED) is 0.774. The number of rotatable bonds is 5. The van der Waals surface area contributed by atoms with Crippen LogP contribution >= 0.6 is 0 Å². The van der Waals surface area contributed by atoms with Gasteiger partial charge in [-0.3, -0.25) is 9.59 Å². The lowest BCUT2D eigenvalue weighted by molar-refractivity contribution is -0.147. The number of ether oxygens (including phenoxy) is 1. The molecular weight excluding hydrogens is 323 g/mol. The summed E-state index contributed by atoms with van der Waals surface area (Å²) in [5, 5.41) is 0. The van der Waals surface area contributed by atoms with Gasteiger partial charge in [0.1, 0.15) is 6.61 Å². The van der Waals surface area contributed by atoms with Crippen LogP contribution in [0.1, 0.15) is 36.3 Å². The highest BCUT2D eigenvalue weighted by Crippen LogP contribution is 2.51. The zero-order chi connectivity index (χ0) is 17.3. The van der Waals surface area contributed by atoms with Gasteiger partial charge in [0.15, 0.2) is 0 Å². The molecule has 0 bridgehead atoms. The Labute approximate surface area is 137 Å². The van der Waals surface area contributed by atoms with Crippen molar-refractivity contribution in [3.05, 3.63) is 35.4 Å². The molecule has 1 amide bonds. The zero-order valence-corrected chi connectivity index (χ0v) is 13.0. The van der Waals surface area contributed by atoms with Crippen molar-refractivity contribution in [2.75, 3.05) is 19.7 Å². The third-order valence-electron chi connectivity index (χ3n) is 4.54. The molecule has 1 aromatic carbocycles. The smallest absolute Gasteiger partial charge is 0.416 e. The maximum Gasteiger partial charge on any atom is 0.416 e. The van der Waals surface area contributed by atoms with Gasteiger partial charge in [0, 0.05) is 13.0 Å². The fourth-order valence-corrected chi connectivity index (χ4v) is 3.18. The van der Waals surface area contributed by atoms with Crippen LogP contribution in [0.15, 0.2) is 24.3 Å². The van der Waals surface area contributed by atoms with Crippen molar-refractivity contribution < 1.29 is 27.5 Å². The van der Waals surface area contributed by atoms with E-state index in [1.54, 1.807) is 11.0 Å². The molecule has 0 radical (unpaired) electrons. The lowest BCUT2D eigenvalue weighted by atomic mass is 10.0. The van der Waals surface area contributed by atoms with Gasteiger partial charge in [-0.1, -0.05) is 18.2 Å². The third-order valence-corrected chi connectivity index (χ3v) is 4.54. The molecule has 0 spiro atoms. The number of amides is 1. The summed E-state index contributed by atoms with van der Waals surface area (Å²) < 4.78 is 44.2.